The van der Waals surface area contributed by atoms with E-state index >= 15 is 0 Å². The summed E-state index contributed by atoms with van der Waals surface area (Å²) in [6.07, 6.45) is 8.87. The Bertz CT molecular complexity index is 402. The monoisotopic (exact) mass is 294 g/mol. The number of carbonyl (C=O) groups excluding carboxylic acids is 1. The van der Waals surface area contributed by atoms with E-state index < -0.39 is 11.5 Å². The van der Waals surface area contributed by atoms with Crippen molar-refractivity contribution in [2.45, 2.75) is 51.5 Å². The van der Waals surface area contributed by atoms with Crippen LogP contribution < -0.4 is 5.32 Å². The van der Waals surface area contributed by atoms with Gasteiger partial charge in [0.25, 0.3) is 0 Å². The fourth-order valence-corrected chi connectivity index (χ4v) is 2.77. The molecule has 21 heavy (non-hydrogen) atoms. The van der Waals surface area contributed by atoms with E-state index in [0.717, 1.165) is 25.9 Å². The Kier molecular flexibility index (Phi) is 6.70. The number of likely N-dealkylation sites (tertiary alicyclic amines) is 1. The number of carboxylic acids is 1. The lowest BCUT2D eigenvalue weighted by atomic mass is 9.93. The normalized spacial score (nSPS) is 17.2. The van der Waals surface area contributed by atoms with Gasteiger partial charge < -0.3 is 10.4 Å². The van der Waals surface area contributed by atoms with E-state index in [1.807, 2.05) is 13.8 Å². The van der Waals surface area contributed by atoms with Crippen molar-refractivity contribution in [1.29, 1.82) is 0 Å². The molecule has 1 amide bonds. The minimum Gasteiger partial charge on any atom is -0.481 e. The Labute approximate surface area is 127 Å². The third-order valence-electron chi connectivity index (χ3n) is 4.40. The topological polar surface area (TPSA) is 69.6 Å². The fraction of sp³-hybridized carbons (Fsp3) is 0.750. The Morgan fingerprint density at radius 3 is 2.33 bits per heavy atom. The van der Waals surface area contributed by atoms with E-state index in [4.69, 9.17) is 11.5 Å². The SMILES string of the molecule is C#CC(CC)(CC)NC(=O)CN1CCC(CC(=O)O)CC1. The van der Waals surface area contributed by atoms with Gasteiger partial charge in [-0.3, -0.25) is 14.5 Å². The molecular weight excluding hydrogens is 268 g/mol. The summed E-state index contributed by atoms with van der Waals surface area (Å²) >= 11 is 0. The van der Waals surface area contributed by atoms with Crippen molar-refractivity contribution in [2.24, 2.45) is 5.92 Å². The number of nitrogens with one attached hydrogen (secondary N) is 1. The molecule has 1 aliphatic heterocycles. The minimum absolute atomic E-state index is 0.0478. The van der Waals surface area contributed by atoms with Gasteiger partial charge in [-0.25, -0.2) is 0 Å². The zero-order chi connectivity index (χ0) is 15.9. The van der Waals surface area contributed by atoms with Gasteiger partial charge >= 0.3 is 5.97 Å². The predicted octanol–water partition coefficient (Wildman–Crippen LogP) is 1.48. The Balaban J connectivity index is 2.40. The highest BCUT2D eigenvalue weighted by Gasteiger charge is 2.27. The van der Waals surface area contributed by atoms with Crippen LogP contribution in [0.3, 0.4) is 0 Å². The molecule has 1 aliphatic rings. The third-order valence-corrected chi connectivity index (χ3v) is 4.40. The summed E-state index contributed by atoms with van der Waals surface area (Å²) < 4.78 is 0. The summed E-state index contributed by atoms with van der Waals surface area (Å²) in [5.74, 6) is 2.14. The van der Waals surface area contributed by atoms with Crippen LogP contribution >= 0.6 is 0 Å². The van der Waals surface area contributed by atoms with Crippen LogP contribution in [0.2, 0.25) is 0 Å². The summed E-state index contributed by atoms with van der Waals surface area (Å²) in [6, 6.07) is 0. The summed E-state index contributed by atoms with van der Waals surface area (Å²) in [5, 5.41) is 11.7. The number of hydrogen-bond acceptors (Lipinski definition) is 3. The average molecular weight is 294 g/mol. The molecule has 5 nitrogen and oxygen atoms in total. The smallest absolute Gasteiger partial charge is 0.303 e. The Morgan fingerprint density at radius 2 is 1.90 bits per heavy atom. The molecule has 1 fully saturated rings. The molecule has 1 saturated heterocycles. The molecule has 0 atom stereocenters. The average Bonchev–Trinajstić information content (AvgIpc) is 2.46. The first-order valence-electron chi connectivity index (χ1n) is 7.67. The molecule has 0 aromatic rings. The van der Waals surface area contributed by atoms with E-state index in [-0.39, 0.29) is 18.2 Å². The molecule has 0 aromatic carbocycles. The largest absolute Gasteiger partial charge is 0.481 e. The third kappa shape index (κ3) is 5.39. The number of piperidine rings is 1. The van der Waals surface area contributed by atoms with Crippen molar-refractivity contribution >= 4 is 11.9 Å². The maximum Gasteiger partial charge on any atom is 0.303 e. The lowest BCUT2D eigenvalue weighted by Crippen LogP contribution is -2.51. The number of hydrogen-bond donors (Lipinski definition) is 2. The Hall–Kier alpha value is -1.54. The standard InChI is InChI=1S/C16H26N2O3/c1-4-16(5-2,6-3)17-14(19)12-18-9-7-13(8-10-18)11-15(20)21/h1,13H,5-12H2,2-3H3,(H,17,19)(H,20,21). The number of aliphatic carboxylic acids is 1. The number of nitrogens with zero attached hydrogens (tertiary/aromatic N) is 1. The lowest BCUT2D eigenvalue weighted by molar-refractivity contribution is -0.138. The van der Waals surface area contributed by atoms with Crippen LogP contribution in [-0.4, -0.2) is 47.1 Å². The lowest BCUT2D eigenvalue weighted by Gasteiger charge is -2.32. The fourth-order valence-electron chi connectivity index (χ4n) is 2.77. The van der Waals surface area contributed by atoms with Crippen LogP contribution in [0.5, 0.6) is 0 Å². The van der Waals surface area contributed by atoms with Crippen molar-refractivity contribution in [1.82, 2.24) is 10.2 Å². The van der Waals surface area contributed by atoms with Crippen molar-refractivity contribution in [3.8, 4) is 12.3 Å². The van der Waals surface area contributed by atoms with Gasteiger partial charge in [0.05, 0.1) is 6.54 Å². The van der Waals surface area contributed by atoms with Gasteiger partial charge in [0.2, 0.25) is 5.91 Å². The van der Waals surface area contributed by atoms with Gasteiger partial charge in [0.1, 0.15) is 5.54 Å². The minimum atomic E-state index is -0.740. The molecule has 0 bridgehead atoms. The van der Waals surface area contributed by atoms with Crippen LogP contribution in [0, 0.1) is 18.3 Å². The number of amides is 1. The molecule has 2 N–H and O–H groups in total. The zero-order valence-corrected chi connectivity index (χ0v) is 13.0. The second-order valence-corrected chi connectivity index (χ2v) is 5.80. The van der Waals surface area contributed by atoms with Gasteiger partial charge in [-0.05, 0) is 44.7 Å². The first-order valence-corrected chi connectivity index (χ1v) is 7.67. The summed E-state index contributed by atoms with van der Waals surface area (Å²) in [7, 11) is 0. The van der Waals surface area contributed by atoms with Crippen LogP contribution in [-0.2, 0) is 9.59 Å². The maximum atomic E-state index is 12.1. The predicted molar refractivity (Wildman–Crippen MR) is 81.7 cm³/mol. The molecule has 0 spiro atoms. The summed E-state index contributed by atoms with van der Waals surface area (Å²) in [5.41, 5.74) is -0.543. The second-order valence-electron chi connectivity index (χ2n) is 5.80. The second kappa shape index (κ2) is 8.04. The Morgan fingerprint density at radius 1 is 1.33 bits per heavy atom. The highest BCUT2D eigenvalue weighted by Crippen LogP contribution is 2.20. The first kappa shape index (κ1) is 17.5. The van der Waals surface area contributed by atoms with Gasteiger partial charge in [-0.15, -0.1) is 6.42 Å². The molecule has 1 heterocycles. The number of carbonyl (C=O) groups is 2. The summed E-state index contributed by atoms with van der Waals surface area (Å²) in [4.78, 5) is 24.9. The van der Waals surface area contributed by atoms with Crippen LogP contribution in [0.25, 0.3) is 0 Å². The zero-order valence-electron chi connectivity index (χ0n) is 13.0. The molecule has 118 valence electrons. The van der Waals surface area contributed by atoms with Gasteiger partial charge in [0, 0.05) is 6.42 Å². The van der Waals surface area contributed by atoms with Crippen LogP contribution in [0.4, 0.5) is 0 Å². The molecule has 0 radical (unpaired) electrons. The van der Waals surface area contributed by atoms with Crippen molar-refractivity contribution in [2.75, 3.05) is 19.6 Å². The van der Waals surface area contributed by atoms with E-state index in [0.29, 0.717) is 19.4 Å². The molecular formula is C16H26N2O3. The van der Waals surface area contributed by atoms with Gasteiger partial charge in [-0.1, -0.05) is 19.8 Å². The van der Waals surface area contributed by atoms with E-state index in [2.05, 4.69) is 16.1 Å². The van der Waals surface area contributed by atoms with E-state index in [9.17, 15) is 9.59 Å². The van der Waals surface area contributed by atoms with Gasteiger partial charge in [0.15, 0.2) is 0 Å². The van der Waals surface area contributed by atoms with Crippen molar-refractivity contribution < 1.29 is 14.7 Å². The quantitative estimate of drug-likeness (QED) is 0.698. The number of terminal acetylenes is 1. The van der Waals surface area contributed by atoms with Crippen LogP contribution in [0.15, 0.2) is 0 Å². The molecule has 5 heteroatoms. The maximum absolute atomic E-state index is 12.1. The molecule has 0 saturated carbocycles. The summed E-state index contributed by atoms with van der Waals surface area (Å²) in [6.45, 7) is 5.82. The highest BCUT2D eigenvalue weighted by molar-refractivity contribution is 5.79. The number of rotatable bonds is 7. The number of carboxylic acid groups (broad SMARTS) is 1. The molecule has 0 aliphatic carbocycles. The molecule has 0 aromatic heterocycles. The van der Waals surface area contributed by atoms with E-state index in [1.54, 1.807) is 0 Å². The highest BCUT2D eigenvalue weighted by atomic mass is 16.4. The van der Waals surface area contributed by atoms with Crippen molar-refractivity contribution in [3.05, 3.63) is 0 Å². The first-order chi connectivity index (χ1) is 9.94. The molecule has 0 unspecified atom stereocenters. The van der Waals surface area contributed by atoms with E-state index in [1.165, 1.54) is 0 Å². The van der Waals surface area contributed by atoms with Gasteiger partial charge in [-0.2, -0.15) is 0 Å². The van der Waals surface area contributed by atoms with Crippen LogP contribution in [0.1, 0.15) is 46.0 Å². The molecule has 1 rings (SSSR count). The van der Waals surface area contributed by atoms with Crippen molar-refractivity contribution in [3.63, 3.8) is 0 Å².